The topological polar surface area (TPSA) is 88.2 Å². The highest BCUT2D eigenvalue weighted by atomic mass is 19.1. The van der Waals surface area contributed by atoms with Crippen molar-refractivity contribution in [3.8, 4) is 23.1 Å². The lowest BCUT2D eigenvalue weighted by atomic mass is 10.0. The summed E-state index contributed by atoms with van der Waals surface area (Å²) < 4.78 is 15.1. The van der Waals surface area contributed by atoms with Gasteiger partial charge in [0.1, 0.15) is 18.0 Å². The molecule has 0 unspecified atom stereocenters. The zero-order chi connectivity index (χ0) is 24.2. The summed E-state index contributed by atoms with van der Waals surface area (Å²) in [6.45, 7) is 3.19. The number of carbonyl (C=O) groups excluding carboxylic acids is 1. The van der Waals surface area contributed by atoms with Crippen LogP contribution in [0.25, 0.3) is 11.3 Å². The van der Waals surface area contributed by atoms with Crippen molar-refractivity contribution < 1.29 is 9.18 Å². The summed E-state index contributed by atoms with van der Waals surface area (Å²) in [5, 5.41) is 0. The van der Waals surface area contributed by atoms with E-state index in [4.69, 9.17) is 5.73 Å². The highest BCUT2D eigenvalue weighted by Gasteiger charge is 2.29. The normalized spacial score (nSPS) is 15.3. The molecular weight excluding hydrogens is 431 g/mol. The zero-order valence-corrected chi connectivity index (χ0v) is 19.5. The van der Waals surface area contributed by atoms with Crippen molar-refractivity contribution in [2.75, 3.05) is 32.9 Å². The molecule has 3 aromatic rings. The summed E-state index contributed by atoms with van der Waals surface area (Å²) in [4.78, 5) is 29.5. The van der Waals surface area contributed by atoms with Crippen LogP contribution in [0.3, 0.4) is 0 Å². The number of nitrogens with zero attached hydrogens (tertiary/aromatic N) is 5. The predicted octanol–water partition coefficient (Wildman–Crippen LogP) is 3.00. The number of hydrogen-bond acceptors (Lipinski definition) is 6. The number of aryl methyl sites for hydroxylation is 1. The van der Waals surface area contributed by atoms with Gasteiger partial charge in [0.25, 0.3) is 5.91 Å². The zero-order valence-electron chi connectivity index (χ0n) is 19.5. The third kappa shape index (κ3) is 4.90. The van der Waals surface area contributed by atoms with Crippen LogP contribution in [0.5, 0.6) is 0 Å². The van der Waals surface area contributed by atoms with Gasteiger partial charge >= 0.3 is 0 Å². The summed E-state index contributed by atoms with van der Waals surface area (Å²) in [5.41, 5.74) is 8.84. The second-order valence-corrected chi connectivity index (χ2v) is 8.47. The molecular formula is C26H27FN6O. The van der Waals surface area contributed by atoms with E-state index in [0.717, 1.165) is 12.1 Å². The highest BCUT2D eigenvalue weighted by molar-refractivity contribution is 5.95. The second kappa shape index (κ2) is 9.98. The van der Waals surface area contributed by atoms with E-state index in [1.165, 1.54) is 18.5 Å². The minimum absolute atomic E-state index is 0.0634. The molecule has 1 fully saturated rings. The van der Waals surface area contributed by atoms with Crippen LogP contribution < -0.4 is 5.73 Å². The lowest BCUT2D eigenvalue weighted by Gasteiger charge is -2.20. The molecule has 1 atom stereocenters. The molecule has 0 bridgehead atoms. The Balaban J connectivity index is 1.66. The fourth-order valence-electron chi connectivity index (χ4n) is 4.01. The van der Waals surface area contributed by atoms with Crippen molar-refractivity contribution in [3.63, 3.8) is 0 Å². The number of aromatic nitrogens is 3. The highest BCUT2D eigenvalue weighted by Crippen LogP contribution is 2.26. The number of likely N-dealkylation sites (N-methyl/N-ethyl adjacent to an activating group) is 1. The first-order valence-corrected chi connectivity index (χ1v) is 11.2. The van der Waals surface area contributed by atoms with Crippen LogP contribution in [0, 0.1) is 17.7 Å². The fraction of sp³-hybridized carbons (Fsp3) is 0.308. The van der Waals surface area contributed by atoms with E-state index < -0.39 is 5.82 Å². The number of pyridine rings is 1. The second-order valence-electron chi connectivity index (χ2n) is 8.47. The molecule has 34 heavy (non-hydrogen) atoms. The van der Waals surface area contributed by atoms with E-state index in [1.54, 1.807) is 29.3 Å². The number of carbonyl (C=O) groups is 1. The number of amides is 1. The van der Waals surface area contributed by atoms with Gasteiger partial charge < -0.3 is 15.5 Å². The minimum atomic E-state index is -0.575. The van der Waals surface area contributed by atoms with Gasteiger partial charge in [0, 0.05) is 36.5 Å². The molecule has 174 valence electrons. The van der Waals surface area contributed by atoms with Gasteiger partial charge in [0.15, 0.2) is 0 Å². The molecule has 8 heteroatoms. The molecule has 1 aliphatic rings. The first-order valence-electron chi connectivity index (χ1n) is 11.2. The summed E-state index contributed by atoms with van der Waals surface area (Å²) in [6.07, 6.45) is 4.56. The molecule has 3 heterocycles. The maximum absolute atomic E-state index is 15.1. The van der Waals surface area contributed by atoms with Crippen LogP contribution in [0.1, 0.15) is 40.5 Å². The van der Waals surface area contributed by atoms with Gasteiger partial charge in [-0.25, -0.2) is 19.3 Å². The molecule has 0 saturated carbocycles. The van der Waals surface area contributed by atoms with Crippen LogP contribution in [0.2, 0.25) is 0 Å². The van der Waals surface area contributed by atoms with Crippen molar-refractivity contribution in [3.05, 3.63) is 71.1 Å². The molecule has 1 saturated heterocycles. The Kier molecular flexibility index (Phi) is 6.85. The maximum Gasteiger partial charge on any atom is 0.256 e. The number of likely N-dealkylation sites (tertiary alicyclic amines) is 1. The summed E-state index contributed by atoms with van der Waals surface area (Å²) in [7, 11) is 3.98. The predicted molar refractivity (Wildman–Crippen MR) is 129 cm³/mol. The molecule has 2 N–H and O–H groups in total. The largest absolute Gasteiger partial charge is 0.384 e. The molecule has 2 aromatic heterocycles. The lowest BCUT2D eigenvalue weighted by molar-refractivity contribution is 0.0778. The Bertz CT molecular complexity index is 1260. The Morgan fingerprint density at radius 1 is 1.21 bits per heavy atom. The number of nitrogens with two attached hydrogens (primary N) is 1. The Morgan fingerprint density at radius 3 is 2.68 bits per heavy atom. The Hall–Kier alpha value is -3.83. The van der Waals surface area contributed by atoms with Crippen molar-refractivity contribution in [2.45, 2.75) is 25.8 Å². The number of halogens is 1. The lowest BCUT2D eigenvalue weighted by Crippen LogP contribution is -2.34. The number of hydrogen-bond donors (Lipinski definition) is 1. The Morgan fingerprint density at radius 2 is 2.03 bits per heavy atom. The molecule has 4 rings (SSSR count). The van der Waals surface area contributed by atoms with E-state index in [2.05, 4.69) is 31.7 Å². The van der Waals surface area contributed by atoms with Crippen molar-refractivity contribution in [2.24, 2.45) is 0 Å². The molecule has 1 aromatic carbocycles. The van der Waals surface area contributed by atoms with Gasteiger partial charge in [-0.05, 0) is 51.2 Å². The fourth-order valence-corrected chi connectivity index (χ4v) is 4.01. The van der Waals surface area contributed by atoms with Crippen molar-refractivity contribution in [1.82, 2.24) is 24.8 Å². The summed E-state index contributed by atoms with van der Waals surface area (Å²) in [6, 6.07) is 8.35. The molecule has 1 amide bonds. The van der Waals surface area contributed by atoms with Crippen LogP contribution in [-0.4, -0.2) is 63.9 Å². The number of rotatable bonds is 4. The average Bonchev–Trinajstić information content (AvgIpc) is 3.34. The van der Waals surface area contributed by atoms with Crippen LogP contribution in [-0.2, 0) is 6.42 Å². The SMILES string of the molecule is CCc1ncnc(-c2ccc(C(=O)N3CC[C@H](N(C)C)C3)c(F)c2)c1C#Cc1ccc(N)nc1. The van der Waals surface area contributed by atoms with E-state index in [1.807, 2.05) is 21.0 Å². The molecule has 0 radical (unpaired) electrons. The van der Waals surface area contributed by atoms with Gasteiger partial charge in [-0.15, -0.1) is 0 Å². The summed E-state index contributed by atoms with van der Waals surface area (Å²) >= 11 is 0. The number of benzene rings is 1. The van der Waals surface area contributed by atoms with Gasteiger partial charge in [-0.1, -0.05) is 24.8 Å². The van der Waals surface area contributed by atoms with E-state index >= 15 is 4.39 Å². The van der Waals surface area contributed by atoms with Gasteiger partial charge in [-0.3, -0.25) is 4.79 Å². The van der Waals surface area contributed by atoms with E-state index in [-0.39, 0.29) is 17.5 Å². The summed E-state index contributed by atoms with van der Waals surface area (Å²) in [5.74, 6) is 5.74. The van der Waals surface area contributed by atoms with E-state index in [9.17, 15) is 4.79 Å². The standard InChI is InChI=1S/C26H27FN6O/c1-4-23-21(8-5-17-6-10-24(28)29-14-17)25(31-16-30-23)18-7-9-20(22(27)13-18)26(34)33-12-11-19(15-33)32(2)3/h6-7,9-10,13-14,16,19H,4,11-12,15H2,1-3H3,(H2,28,29)/t19-/m0/s1. The minimum Gasteiger partial charge on any atom is -0.384 e. The molecule has 1 aliphatic heterocycles. The quantitative estimate of drug-likeness (QED) is 0.605. The van der Waals surface area contributed by atoms with Crippen molar-refractivity contribution >= 4 is 11.7 Å². The average molecular weight is 459 g/mol. The Labute approximate surface area is 198 Å². The molecule has 7 nitrogen and oxygen atoms in total. The maximum atomic E-state index is 15.1. The third-order valence-electron chi connectivity index (χ3n) is 6.03. The first-order chi connectivity index (χ1) is 16.4. The van der Waals surface area contributed by atoms with Gasteiger partial charge in [-0.2, -0.15) is 0 Å². The van der Waals surface area contributed by atoms with Gasteiger partial charge in [0.05, 0.1) is 22.5 Å². The monoisotopic (exact) mass is 458 g/mol. The van der Waals surface area contributed by atoms with Crippen LogP contribution >= 0.6 is 0 Å². The van der Waals surface area contributed by atoms with Crippen LogP contribution in [0.15, 0.2) is 42.9 Å². The van der Waals surface area contributed by atoms with Gasteiger partial charge in [0.2, 0.25) is 0 Å². The van der Waals surface area contributed by atoms with Crippen molar-refractivity contribution in [1.29, 1.82) is 0 Å². The molecule has 0 spiro atoms. The first kappa shape index (κ1) is 23.3. The molecule has 0 aliphatic carbocycles. The van der Waals surface area contributed by atoms with E-state index in [0.29, 0.717) is 47.7 Å². The number of anilines is 1. The number of nitrogen functional groups attached to an aromatic ring is 1. The van der Waals surface area contributed by atoms with Crippen LogP contribution in [0.4, 0.5) is 10.2 Å². The third-order valence-corrected chi connectivity index (χ3v) is 6.03. The smallest absolute Gasteiger partial charge is 0.256 e.